The van der Waals surface area contributed by atoms with Crippen LogP contribution < -0.4 is 10.1 Å². The topological polar surface area (TPSA) is 24.5 Å². The highest BCUT2D eigenvalue weighted by molar-refractivity contribution is 5.37. The summed E-state index contributed by atoms with van der Waals surface area (Å²) in [4.78, 5) is 2.22. The molecule has 1 saturated heterocycles. The Bertz CT molecular complexity index is 536. The normalized spacial score (nSPS) is 19.0. The fourth-order valence-corrected chi connectivity index (χ4v) is 3.45. The predicted octanol–water partition coefficient (Wildman–Crippen LogP) is 4.31. The first-order chi connectivity index (χ1) is 11.9. The molecule has 1 aliphatic heterocycles. The van der Waals surface area contributed by atoms with Gasteiger partial charge < -0.3 is 10.1 Å². The summed E-state index contributed by atoms with van der Waals surface area (Å²) >= 11 is 0. The maximum Gasteiger partial charge on any atom is 0.461 e. The van der Waals surface area contributed by atoms with E-state index in [-0.39, 0.29) is 17.7 Å². The highest BCUT2D eigenvalue weighted by Gasteiger charge is 2.45. The molecule has 0 radical (unpaired) electrons. The number of hydrogen-bond acceptors (Lipinski definition) is 3. The number of hydrogen-bond donors (Lipinski definition) is 1. The second kappa shape index (κ2) is 8.85. The standard InChI is InChI=1S/C18H26F4N2O/c1-3-6-13(2)16(24-11-9-23-10-12-24)14-7-4-5-8-15(14)25-18(21,22)17(19)20/h4-5,7-8,13,16-17,23H,3,6,9-12H2,1-2H3/t13?,16-/m1/s1. The van der Waals surface area contributed by atoms with E-state index in [2.05, 4.69) is 28.8 Å². The lowest BCUT2D eigenvalue weighted by Gasteiger charge is -2.39. The van der Waals surface area contributed by atoms with E-state index >= 15 is 0 Å². The van der Waals surface area contributed by atoms with Crippen LogP contribution in [-0.4, -0.2) is 43.6 Å². The van der Waals surface area contributed by atoms with Crippen molar-refractivity contribution in [3.05, 3.63) is 29.8 Å². The second-order valence-corrected chi connectivity index (χ2v) is 6.50. The zero-order valence-electron chi connectivity index (χ0n) is 14.7. The Labute approximate surface area is 146 Å². The van der Waals surface area contributed by atoms with Crippen LogP contribution in [0, 0.1) is 5.92 Å². The highest BCUT2D eigenvalue weighted by atomic mass is 19.3. The van der Waals surface area contributed by atoms with E-state index in [9.17, 15) is 17.6 Å². The van der Waals surface area contributed by atoms with E-state index in [1.165, 1.54) is 12.1 Å². The van der Waals surface area contributed by atoms with E-state index in [1.54, 1.807) is 12.1 Å². The molecule has 0 spiro atoms. The fraction of sp³-hybridized carbons (Fsp3) is 0.667. The molecule has 0 amide bonds. The number of para-hydroxylation sites is 1. The molecule has 0 aromatic heterocycles. The van der Waals surface area contributed by atoms with Crippen molar-refractivity contribution >= 4 is 0 Å². The van der Waals surface area contributed by atoms with Crippen LogP contribution in [0.5, 0.6) is 5.75 Å². The van der Waals surface area contributed by atoms with Crippen molar-refractivity contribution in [2.24, 2.45) is 5.92 Å². The lowest BCUT2D eigenvalue weighted by atomic mass is 9.88. The molecule has 0 aliphatic carbocycles. The van der Waals surface area contributed by atoms with Crippen molar-refractivity contribution in [1.29, 1.82) is 0 Å². The van der Waals surface area contributed by atoms with Gasteiger partial charge >= 0.3 is 12.5 Å². The maximum absolute atomic E-state index is 13.5. The molecule has 2 rings (SSSR count). The Morgan fingerprint density at radius 3 is 2.44 bits per heavy atom. The Morgan fingerprint density at radius 2 is 1.84 bits per heavy atom. The minimum Gasteiger partial charge on any atom is -0.428 e. The third-order valence-electron chi connectivity index (χ3n) is 4.57. The van der Waals surface area contributed by atoms with Crippen molar-refractivity contribution in [2.45, 2.75) is 45.3 Å². The Kier molecular flexibility index (Phi) is 7.07. The van der Waals surface area contributed by atoms with Crippen molar-refractivity contribution in [1.82, 2.24) is 10.2 Å². The van der Waals surface area contributed by atoms with Gasteiger partial charge in [-0.2, -0.15) is 17.6 Å². The Hall–Kier alpha value is -1.34. The van der Waals surface area contributed by atoms with Crippen LogP contribution in [0.3, 0.4) is 0 Å². The zero-order valence-corrected chi connectivity index (χ0v) is 14.7. The van der Waals surface area contributed by atoms with Crippen LogP contribution in [0.4, 0.5) is 17.6 Å². The minimum absolute atomic E-state index is 0.147. The predicted molar refractivity (Wildman–Crippen MR) is 89.3 cm³/mol. The molecular formula is C18H26F4N2O. The van der Waals surface area contributed by atoms with Gasteiger partial charge in [0, 0.05) is 37.8 Å². The van der Waals surface area contributed by atoms with E-state index in [4.69, 9.17) is 0 Å². The number of halogens is 4. The van der Waals surface area contributed by atoms with Gasteiger partial charge in [0.15, 0.2) is 0 Å². The summed E-state index contributed by atoms with van der Waals surface area (Å²) in [6.45, 7) is 7.31. The molecule has 25 heavy (non-hydrogen) atoms. The quantitative estimate of drug-likeness (QED) is 0.698. The molecule has 1 N–H and O–H groups in total. The van der Waals surface area contributed by atoms with Crippen LogP contribution in [0.1, 0.15) is 38.3 Å². The van der Waals surface area contributed by atoms with Gasteiger partial charge in [-0.1, -0.05) is 38.5 Å². The van der Waals surface area contributed by atoms with Gasteiger partial charge in [0.2, 0.25) is 0 Å². The van der Waals surface area contributed by atoms with Gasteiger partial charge in [0.25, 0.3) is 0 Å². The number of alkyl halides is 4. The van der Waals surface area contributed by atoms with Gasteiger partial charge in [-0.3, -0.25) is 4.90 Å². The molecule has 1 heterocycles. The lowest BCUT2D eigenvalue weighted by Crippen LogP contribution is -2.47. The van der Waals surface area contributed by atoms with Crippen LogP contribution in [0.2, 0.25) is 0 Å². The van der Waals surface area contributed by atoms with E-state index in [0.29, 0.717) is 5.56 Å². The molecule has 1 aromatic rings. The molecule has 7 heteroatoms. The number of ether oxygens (including phenoxy) is 1. The monoisotopic (exact) mass is 362 g/mol. The molecular weight excluding hydrogens is 336 g/mol. The molecule has 0 bridgehead atoms. The molecule has 1 aromatic carbocycles. The summed E-state index contributed by atoms with van der Waals surface area (Å²) < 4.78 is 56.6. The second-order valence-electron chi connectivity index (χ2n) is 6.50. The highest BCUT2D eigenvalue weighted by Crippen LogP contribution is 2.39. The molecule has 142 valence electrons. The molecule has 2 atom stereocenters. The van der Waals surface area contributed by atoms with Gasteiger partial charge in [-0.05, 0) is 18.4 Å². The third-order valence-corrected chi connectivity index (χ3v) is 4.57. The smallest absolute Gasteiger partial charge is 0.428 e. The maximum atomic E-state index is 13.5. The van der Waals surface area contributed by atoms with Gasteiger partial charge in [-0.15, -0.1) is 0 Å². The third kappa shape index (κ3) is 5.07. The summed E-state index contributed by atoms with van der Waals surface area (Å²) in [5.74, 6) is 0.0207. The van der Waals surface area contributed by atoms with Crippen molar-refractivity contribution in [3.8, 4) is 5.75 Å². The summed E-state index contributed by atoms with van der Waals surface area (Å²) in [6, 6.07) is 6.16. The molecule has 0 saturated carbocycles. The van der Waals surface area contributed by atoms with Crippen LogP contribution in [0.25, 0.3) is 0 Å². The van der Waals surface area contributed by atoms with E-state index < -0.39 is 12.5 Å². The number of nitrogens with one attached hydrogen (secondary N) is 1. The van der Waals surface area contributed by atoms with Crippen LogP contribution >= 0.6 is 0 Å². The van der Waals surface area contributed by atoms with Crippen molar-refractivity contribution in [3.63, 3.8) is 0 Å². The molecule has 1 fully saturated rings. The molecule has 1 unspecified atom stereocenters. The minimum atomic E-state index is -4.50. The van der Waals surface area contributed by atoms with Crippen molar-refractivity contribution < 1.29 is 22.3 Å². The Balaban J connectivity index is 2.36. The average Bonchev–Trinajstić information content (AvgIpc) is 2.57. The largest absolute Gasteiger partial charge is 0.461 e. The fourth-order valence-electron chi connectivity index (χ4n) is 3.45. The summed E-state index contributed by atoms with van der Waals surface area (Å²) in [6.07, 6.45) is -6.50. The molecule has 3 nitrogen and oxygen atoms in total. The summed E-state index contributed by atoms with van der Waals surface area (Å²) in [7, 11) is 0. The first-order valence-electron chi connectivity index (χ1n) is 8.75. The van der Waals surface area contributed by atoms with Crippen LogP contribution in [0.15, 0.2) is 24.3 Å². The average molecular weight is 362 g/mol. The van der Waals surface area contributed by atoms with Crippen molar-refractivity contribution in [2.75, 3.05) is 26.2 Å². The number of piperazine rings is 1. The SMILES string of the molecule is CCCC(C)[C@H](c1ccccc1OC(F)(F)C(F)F)N1CCNCC1. The lowest BCUT2D eigenvalue weighted by molar-refractivity contribution is -0.253. The van der Waals surface area contributed by atoms with Crippen LogP contribution in [-0.2, 0) is 0 Å². The number of benzene rings is 1. The zero-order chi connectivity index (χ0) is 18.4. The molecule has 1 aliphatic rings. The summed E-state index contributed by atoms with van der Waals surface area (Å²) in [5.41, 5.74) is 0.547. The van der Waals surface area contributed by atoms with Gasteiger partial charge in [0.1, 0.15) is 5.75 Å². The first kappa shape index (κ1) is 20.0. The van der Waals surface area contributed by atoms with E-state index in [0.717, 1.165) is 39.0 Å². The van der Waals surface area contributed by atoms with Gasteiger partial charge in [0.05, 0.1) is 0 Å². The number of nitrogens with zero attached hydrogens (tertiary/aromatic N) is 1. The summed E-state index contributed by atoms with van der Waals surface area (Å²) in [5, 5.41) is 3.27. The van der Waals surface area contributed by atoms with Gasteiger partial charge in [-0.25, -0.2) is 0 Å². The Morgan fingerprint density at radius 1 is 1.20 bits per heavy atom. The first-order valence-corrected chi connectivity index (χ1v) is 8.75. The van der Waals surface area contributed by atoms with E-state index in [1.807, 2.05) is 0 Å². The number of rotatable bonds is 8.